The molecule has 3 heteroatoms. The zero-order valence-corrected chi connectivity index (χ0v) is 7.37. The molecular weight excluding hydrogens is 150 g/mol. The lowest BCUT2D eigenvalue weighted by Crippen LogP contribution is -2.43. The third-order valence-electron chi connectivity index (χ3n) is 1.77. The second-order valence-corrected chi connectivity index (χ2v) is 3.65. The molecule has 0 unspecified atom stereocenters. The maximum absolute atomic E-state index is 9.18. The van der Waals surface area contributed by atoms with E-state index in [1.807, 2.05) is 0 Å². The Bertz CT molecular complexity index is 106. The Kier molecular flexibility index (Phi) is 3.63. The number of hydrogen-bond donors (Lipinski definition) is 2. The molecule has 0 spiro atoms. The van der Waals surface area contributed by atoms with Crippen LogP contribution in [0.5, 0.6) is 0 Å². The molecule has 0 aromatic carbocycles. The van der Waals surface area contributed by atoms with Crippen LogP contribution in [0.4, 0.5) is 0 Å². The van der Waals surface area contributed by atoms with Crippen LogP contribution < -0.4 is 5.32 Å². The maximum Gasteiger partial charge on any atom is 0.0670 e. The van der Waals surface area contributed by atoms with Gasteiger partial charge in [0.15, 0.2) is 0 Å². The summed E-state index contributed by atoms with van der Waals surface area (Å²) in [6, 6.07) is 0. The molecule has 62 valence electrons. The van der Waals surface area contributed by atoms with E-state index in [9.17, 15) is 5.11 Å². The summed E-state index contributed by atoms with van der Waals surface area (Å²) < 4.78 is 0. The fourth-order valence-electron chi connectivity index (χ4n) is 1.36. The van der Waals surface area contributed by atoms with Gasteiger partial charge >= 0.3 is 0 Å². The van der Waals surface area contributed by atoms with Crippen LogP contribution in [0, 0.1) is 5.41 Å². The van der Waals surface area contributed by atoms with Crippen molar-refractivity contribution in [3.05, 3.63) is 0 Å². The van der Waals surface area contributed by atoms with Gasteiger partial charge in [0.1, 0.15) is 0 Å². The summed E-state index contributed by atoms with van der Waals surface area (Å²) in [6.45, 7) is 6.14. The van der Waals surface area contributed by atoms with Crippen molar-refractivity contribution in [3.8, 4) is 0 Å². The van der Waals surface area contributed by atoms with Crippen molar-refractivity contribution in [2.45, 2.75) is 26.4 Å². The molecule has 2 N–H and O–H groups in total. The smallest absolute Gasteiger partial charge is 0.0670 e. The fourth-order valence-corrected chi connectivity index (χ4v) is 1.36. The van der Waals surface area contributed by atoms with Crippen LogP contribution in [-0.4, -0.2) is 24.3 Å². The SMILES string of the molecule is CC1(C)CNC[C@H](O)C1.Cl. The van der Waals surface area contributed by atoms with Gasteiger partial charge in [-0.1, -0.05) is 13.8 Å². The molecule has 1 atom stereocenters. The molecule has 1 heterocycles. The summed E-state index contributed by atoms with van der Waals surface area (Å²) in [7, 11) is 0. The van der Waals surface area contributed by atoms with Crippen molar-refractivity contribution in [3.63, 3.8) is 0 Å². The second kappa shape index (κ2) is 3.56. The zero-order chi connectivity index (χ0) is 6.91. The van der Waals surface area contributed by atoms with Crippen LogP contribution in [0.3, 0.4) is 0 Å². The van der Waals surface area contributed by atoms with Crippen molar-refractivity contribution in [2.24, 2.45) is 5.41 Å². The number of aliphatic hydroxyl groups is 1. The van der Waals surface area contributed by atoms with Gasteiger partial charge in [0.05, 0.1) is 6.10 Å². The van der Waals surface area contributed by atoms with E-state index in [2.05, 4.69) is 19.2 Å². The lowest BCUT2D eigenvalue weighted by Gasteiger charge is -2.33. The van der Waals surface area contributed by atoms with Gasteiger partial charge in [0.2, 0.25) is 0 Å². The largest absolute Gasteiger partial charge is 0.392 e. The molecule has 0 aliphatic carbocycles. The van der Waals surface area contributed by atoms with Crippen LogP contribution in [0.25, 0.3) is 0 Å². The summed E-state index contributed by atoms with van der Waals surface area (Å²) in [5, 5.41) is 12.4. The average molecular weight is 166 g/mol. The van der Waals surface area contributed by atoms with Crippen LogP contribution in [0.2, 0.25) is 0 Å². The molecule has 10 heavy (non-hydrogen) atoms. The lowest BCUT2D eigenvalue weighted by atomic mass is 9.84. The second-order valence-electron chi connectivity index (χ2n) is 3.65. The van der Waals surface area contributed by atoms with Gasteiger partial charge < -0.3 is 10.4 Å². The molecule has 1 fully saturated rings. The molecule has 0 radical (unpaired) electrons. The van der Waals surface area contributed by atoms with Crippen LogP contribution >= 0.6 is 12.4 Å². The number of hydrogen-bond acceptors (Lipinski definition) is 2. The minimum Gasteiger partial charge on any atom is -0.392 e. The Morgan fingerprint density at radius 1 is 1.50 bits per heavy atom. The number of rotatable bonds is 0. The Morgan fingerprint density at radius 2 is 2.10 bits per heavy atom. The van der Waals surface area contributed by atoms with E-state index >= 15 is 0 Å². The highest BCUT2D eigenvalue weighted by atomic mass is 35.5. The summed E-state index contributed by atoms with van der Waals surface area (Å²) in [5.74, 6) is 0. The van der Waals surface area contributed by atoms with E-state index in [0.717, 1.165) is 19.5 Å². The number of halogens is 1. The predicted molar refractivity (Wildman–Crippen MR) is 44.5 cm³/mol. The van der Waals surface area contributed by atoms with Crippen molar-refractivity contribution >= 4 is 12.4 Å². The van der Waals surface area contributed by atoms with E-state index < -0.39 is 0 Å². The van der Waals surface area contributed by atoms with Gasteiger partial charge in [-0.2, -0.15) is 0 Å². The quantitative estimate of drug-likeness (QED) is 0.557. The number of aliphatic hydroxyl groups excluding tert-OH is 1. The Morgan fingerprint density at radius 3 is 2.40 bits per heavy atom. The van der Waals surface area contributed by atoms with Crippen LogP contribution in [0.1, 0.15) is 20.3 Å². The topological polar surface area (TPSA) is 32.3 Å². The molecule has 1 rings (SSSR count). The van der Waals surface area contributed by atoms with Gasteiger partial charge in [-0.05, 0) is 11.8 Å². The van der Waals surface area contributed by atoms with Gasteiger partial charge in [-0.25, -0.2) is 0 Å². The minimum atomic E-state index is -0.131. The molecule has 0 aromatic heterocycles. The maximum atomic E-state index is 9.18. The zero-order valence-electron chi connectivity index (χ0n) is 6.55. The molecular formula is C7H16ClNO. The van der Waals surface area contributed by atoms with Crippen molar-refractivity contribution in [2.75, 3.05) is 13.1 Å². The Balaban J connectivity index is 0.000000810. The van der Waals surface area contributed by atoms with Crippen molar-refractivity contribution in [1.29, 1.82) is 0 Å². The normalized spacial score (nSPS) is 30.9. The van der Waals surface area contributed by atoms with E-state index in [1.165, 1.54) is 0 Å². The summed E-state index contributed by atoms with van der Waals surface area (Å²) >= 11 is 0. The van der Waals surface area contributed by atoms with Crippen molar-refractivity contribution in [1.82, 2.24) is 5.32 Å². The lowest BCUT2D eigenvalue weighted by molar-refractivity contribution is 0.0806. The minimum absolute atomic E-state index is 0. The number of piperidine rings is 1. The van der Waals surface area contributed by atoms with Gasteiger partial charge in [-0.3, -0.25) is 0 Å². The summed E-state index contributed by atoms with van der Waals surface area (Å²) in [6.07, 6.45) is 0.800. The first-order valence-electron chi connectivity index (χ1n) is 3.49. The summed E-state index contributed by atoms with van der Waals surface area (Å²) in [4.78, 5) is 0. The number of nitrogens with one attached hydrogen (secondary N) is 1. The molecule has 0 amide bonds. The molecule has 0 aromatic rings. The third kappa shape index (κ3) is 2.86. The average Bonchev–Trinajstić information content (AvgIpc) is 1.60. The molecule has 0 saturated carbocycles. The highest BCUT2D eigenvalue weighted by molar-refractivity contribution is 5.85. The van der Waals surface area contributed by atoms with E-state index in [0.29, 0.717) is 0 Å². The monoisotopic (exact) mass is 165 g/mol. The highest BCUT2D eigenvalue weighted by Gasteiger charge is 2.25. The highest BCUT2D eigenvalue weighted by Crippen LogP contribution is 2.23. The first kappa shape index (κ1) is 10.2. The Labute approximate surface area is 68.4 Å². The first-order valence-corrected chi connectivity index (χ1v) is 3.49. The van der Waals surface area contributed by atoms with Crippen LogP contribution in [0.15, 0.2) is 0 Å². The predicted octanol–water partition coefficient (Wildman–Crippen LogP) is 0.789. The van der Waals surface area contributed by atoms with E-state index in [4.69, 9.17) is 0 Å². The molecule has 1 saturated heterocycles. The first-order chi connectivity index (χ1) is 4.10. The fraction of sp³-hybridized carbons (Fsp3) is 1.00. The van der Waals surface area contributed by atoms with Gasteiger partial charge in [0, 0.05) is 13.1 Å². The molecule has 1 aliphatic rings. The van der Waals surface area contributed by atoms with Gasteiger partial charge in [-0.15, -0.1) is 12.4 Å². The molecule has 1 aliphatic heterocycles. The third-order valence-corrected chi connectivity index (χ3v) is 1.77. The van der Waals surface area contributed by atoms with Gasteiger partial charge in [0.25, 0.3) is 0 Å². The van der Waals surface area contributed by atoms with E-state index in [1.54, 1.807) is 0 Å². The van der Waals surface area contributed by atoms with Crippen LogP contribution in [-0.2, 0) is 0 Å². The molecule has 0 bridgehead atoms. The van der Waals surface area contributed by atoms with E-state index in [-0.39, 0.29) is 23.9 Å². The number of β-amino-alcohol motifs (C(OH)–C–C–N with tert-alkyl or cyclic N) is 1. The van der Waals surface area contributed by atoms with Crippen molar-refractivity contribution < 1.29 is 5.11 Å². The molecule has 2 nitrogen and oxygen atoms in total. The summed E-state index contributed by atoms with van der Waals surface area (Å²) in [5.41, 5.74) is 0.289. The standard InChI is InChI=1S/C7H15NO.ClH/c1-7(2)3-6(9)4-8-5-7;/h6,8-9H,3-5H2,1-2H3;1H/t6-;/m1./s1. The Hall–Kier alpha value is 0.210.